The van der Waals surface area contributed by atoms with E-state index < -0.39 is 0 Å². The molecule has 9 aromatic carbocycles. The maximum atomic E-state index is 5.24. The van der Waals surface area contributed by atoms with Crippen molar-refractivity contribution in [3.8, 4) is 67.2 Å². The summed E-state index contributed by atoms with van der Waals surface area (Å²) in [6.07, 6.45) is 0. The molecule has 0 amide bonds. The maximum absolute atomic E-state index is 5.24. The second-order valence-corrected chi connectivity index (χ2v) is 18.6. The number of hydrogen-bond donors (Lipinski definition) is 0. The summed E-state index contributed by atoms with van der Waals surface area (Å²) in [5.74, 6) is 0.703. The molecule has 0 radical (unpaired) electrons. The summed E-state index contributed by atoms with van der Waals surface area (Å²) in [5, 5.41) is 1.04. The molecule has 0 saturated heterocycles. The van der Waals surface area contributed by atoms with Crippen molar-refractivity contribution >= 4 is 28.0 Å². The van der Waals surface area contributed by atoms with Crippen LogP contribution in [-0.4, -0.2) is 9.97 Å². The third-order valence-corrected chi connectivity index (χ3v) is 14.1. The lowest BCUT2D eigenvalue weighted by atomic mass is 9.80. The van der Waals surface area contributed by atoms with Crippen LogP contribution < -0.4 is 4.90 Å². The third-order valence-electron chi connectivity index (χ3n) is 14.1. The summed E-state index contributed by atoms with van der Waals surface area (Å²) in [7, 11) is 0. The van der Waals surface area contributed by atoms with Gasteiger partial charge in [0.05, 0.1) is 16.9 Å². The van der Waals surface area contributed by atoms with E-state index in [1.807, 2.05) is 6.07 Å². The molecule has 0 unspecified atom stereocenters. The van der Waals surface area contributed by atoms with E-state index in [0.29, 0.717) is 5.82 Å². The van der Waals surface area contributed by atoms with Crippen molar-refractivity contribution in [1.29, 1.82) is 0 Å². The van der Waals surface area contributed by atoms with Crippen molar-refractivity contribution in [2.24, 2.45) is 0 Å². The van der Waals surface area contributed by atoms with Gasteiger partial charge in [0.1, 0.15) is 0 Å². The zero-order chi connectivity index (χ0) is 43.9. The predicted octanol–water partition coefficient (Wildman–Crippen LogP) is 16.4. The number of para-hydroxylation sites is 1. The molecule has 3 heteroatoms. The van der Waals surface area contributed by atoms with Gasteiger partial charge in [0, 0.05) is 44.3 Å². The molecule has 1 aromatic heterocycles. The first-order valence-corrected chi connectivity index (χ1v) is 22.7. The fourth-order valence-electron chi connectivity index (χ4n) is 10.7. The van der Waals surface area contributed by atoms with Crippen molar-refractivity contribution in [2.45, 2.75) is 38.5 Å². The minimum atomic E-state index is -0.268. The lowest BCUT2D eigenvalue weighted by Crippen LogP contribution is -2.18. The third kappa shape index (κ3) is 6.25. The van der Waals surface area contributed by atoms with Crippen molar-refractivity contribution in [3.05, 3.63) is 235 Å². The van der Waals surface area contributed by atoms with Gasteiger partial charge in [-0.15, -0.1) is 0 Å². The summed E-state index contributed by atoms with van der Waals surface area (Å²) >= 11 is 0. The van der Waals surface area contributed by atoms with E-state index in [9.17, 15) is 0 Å². The van der Waals surface area contributed by atoms with Crippen LogP contribution in [0.1, 0.15) is 49.9 Å². The van der Waals surface area contributed by atoms with Gasteiger partial charge >= 0.3 is 0 Å². The van der Waals surface area contributed by atoms with E-state index in [2.05, 4.69) is 239 Å². The molecule has 0 N–H and O–H groups in total. The number of hydrogen-bond acceptors (Lipinski definition) is 3. The Morgan fingerprint density at radius 1 is 0.354 bits per heavy atom. The van der Waals surface area contributed by atoms with Crippen molar-refractivity contribution in [2.75, 3.05) is 4.90 Å². The minimum Gasteiger partial charge on any atom is -0.310 e. The summed E-state index contributed by atoms with van der Waals surface area (Å²) in [6, 6.07) is 77.2. The van der Waals surface area contributed by atoms with Crippen LogP contribution >= 0.6 is 0 Å². The van der Waals surface area contributed by atoms with E-state index in [0.717, 1.165) is 44.8 Å². The molecule has 3 nitrogen and oxygen atoms in total. The molecule has 2 aliphatic carbocycles. The smallest absolute Gasteiger partial charge is 0.160 e. The van der Waals surface area contributed by atoms with Crippen LogP contribution in [-0.2, 0) is 10.8 Å². The van der Waals surface area contributed by atoms with Gasteiger partial charge in [-0.05, 0) is 122 Å². The van der Waals surface area contributed by atoms with Crippen LogP contribution in [0.4, 0.5) is 17.1 Å². The summed E-state index contributed by atoms with van der Waals surface area (Å²) in [5.41, 5.74) is 22.1. The highest BCUT2D eigenvalue weighted by molar-refractivity contribution is 5.99. The average Bonchev–Trinajstić information content (AvgIpc) is 3.73. The van der Waals surface area contributed by atoms with E-state index >= 15 is 0 Å². The number of anilines is 3. The SMILES string of the molecule is CC1(C)c2ccccc2-c2ccc(N(c3ccc(-c4nc(-c5ccccc5)c5ccccc5n4)cc3)c3cc(-c4ccccc4)cc4c3-c3ccc(-c5ccccc5)cc3C4(C)C)cc21. The molecule has 0 aliphatic heterocycles. The molecule has 10 aromatic rings. The summed E-state index contributed by atoms with van der Waals surface area (Å²) < 4.78 is 0. The van der Waals surface area contributed by atoms with E-state index in [4.69, 9.17) is 9.97 Å². The zero-order valence-corrected chi connectivity index (χ0v) is 37.0. The van der Waals surface area contributed by atoms with Crippen molar-refractivity contribution in [1.82, 2.24) is 9.97 Å². The molecule has 0 spiro atoms. The van der Waals surface area contributed by atoms with Crippen LogP contribution in [0.5, 0.6) is 0 Å². The van der Waals surface area contributed by atoms with Crippen molar-refractivity contribution < 1.29 is 0 Å². The van der Waals surface area contributed by atoms with Crippen LogP contribution in [0.15, 0.2) is 212 Å². The van der Waals surface area contributed by atoms with E-state index in [1.165, 1.54) is 66.8 Å². The van der Waals surface area contributed by atoms with E-state index in [1.54, 1.807) is 0 Å². The standard InChI is InChI=1S/C62H47N3/c1-61(2)52-26-16-14-24-48(52)49-35-33-47(39-54(49)61)65(46-31-28-43(29-32-46)60-63-56-27-17-15-25-51(56)59(64-60)42-22-12-7-13-23-42)57-38-45(41-20-10-6-11-21-41)37-55-58(57)50-34-30-44(36-53(50)62(55,3)4)40-18-8-5-9-19-40/h5-39H,1-4H3. The molecule has 0 atom stereocenters. The summed E-state index contributed by atoms with van der Waals surface area (Å²) in [4.78, 5) is 12.9. The topological polar surface area (TPSA) is 29.0 Å². The lowest BCUT2D eigenvalue weighted by Gasteiger charge is -2.31. The number of nitrogens with zero attached hydrogens (tertiary/aromatic N) is 3. The number of aromatic nitrogens is 2. The minimum absolute atomic E-state index is 0.169. The normalized spacial score (nSPS) is 13.8. The molecular formula is C62H47N3. The number of rotatable bonds is 7. The van der Waals surface area contributed by atoms with Crippen molar-refractivity contribution in [3.63, 3.8) is 0 Å². The Balaban J connectivity index is 1.09. The Hall–Kier alpha value is -7.88. The second kappa shape index (κ2) is 14.9. The molecule has 0 fully saturated rings. The van der Waals surface area contributed by atoms with Crippen LogP contribution in [0.2, 0.25) is 0 Å². The lowest BCUT2D eigenvalue weighted by molar-refractivity contribution is 0.660. The maximum Gasteiger partial charge on any atom is 0.160 e. The highest BCUT2D eigenvalue weighted by Gasteiger charge is 2.40. The van der Waals surface area contributed by atoms with Gasteiger partial charge in [-0.25, -0.2) is 9.97 Å². The molecule has 65 heavy (non-hydrogen) atoms. The monoisotopic (exact) mass is 833 g/mol. The first-order chi connectivity index (χ1) is 31.7. The predicted molar refractivity (Wildman–Crippen MR) is 271 cm³/mol. The highest BCUT2D eigenvalue weighted by Crippen LogP contribution is 2.57. The molecule has 2 aliphatic rings. The van der Waals surface area contributed by atoms with Crippen LogP contribution in [0.3, 0.4) is 0 Å². The Labute approximate surface area is 381 Å². The second-order valence-electron chi connectivity index (χ2n) is 18.6. The van der Waals surface area contributed by atoms with Crippen LogP contribution in [0.25, 0.3) is 78.1 Å². The van der Waals surface area contributed by atoms with Gasteiger partial charge in [-0.2, -0.15) is 0 Å². The molecule has 310 valence electrons. The van der Waals surface area contributed by atoms with Gasteiger partial charge in [0.25, 0.3) is 0 Å². The van der Waals surface area contributed by atoms with Gasteiger partial charge in [-0.3, -0.25) is 0 Å². The fourth-order valence-corrected chi connectivity index (χ4v) is 10.7. The van der Waals surface area contributed by atoms with E-state index in [-0.39, 0.29) is 10.8 Å². The fraction of sp³-hybridized carbons (Fsp3) is 0.0968. The van der Waals surface area contributed by atoms with Gasteiger partial charge < -0.3 is 4.90 Å². The first kappa shape index (κ1) is 38.8. The van der Waals surface area contributed by atoms with Crippen LogP contribution in [0, 0.1) is 0 Å². The quantitative estimate of drug-likeness (QED) is 0.160. The Bertz CT molecular complexity index is 3460. The summed E-state index contributed by atoms with van der Waals surface area (Å²) in [6.45, 7) is 9.52. The first-order valence-electron chi connectivity index (χ1n) is 22.7. The Morgan fingerprint density at radius 2 is 0.892 bits per heavy atom. The Kier molecular flexibility index (Phi) is 8.86. The molecule has 0 bridgehead atoms. The average molecular weight is 834 g/mol. The molecule has 12 rings (SSSR count). The highest BCUT2D eigenvalue weighted by atomic mass is 15.1. The molecular weight excluding hydrogens is 787 g/mol. The number of benzene rings is 9. The molecule has 1 heterocycles. The largest absolute Gasteiger partial charge is 0.310 e. The molecule has 0 saturated carbocycles. The van der Waals surface area contributed by atoms with Gasteiger partial charge in [-0.1, -0.05) is 179 Å². The van der Waals surface area contributed by atoms with Gasteiger partial charge in [0.2, 0.25) is 0 Å². The van der Waals surface area contributed by atoms with Gasteiger partial charge in [0.15, 0.2) is 5.82 Å². The number of fused-ring (bicyclic) bond motifs is 7. The Morgan fingerprint density at radius 3 is 1.63 bits per heavy atom. The zero-order valence-electron chi connectivity index (χ0n) is 37.0.